The van der Waals surface area contributed by atoms with Crippen LogP contribution in [-0.2, 0) is 0 Å². The lowest BCUT2D eigenvalue weighted by atomic mass is 10.0. The van der Waals surface area contributed by atoms with E-state index in [1.807, 2.05) is 62.4 Å². The summed E-state index contributed by atoms with van der Waals surface area (Å²) in [7, 11) is 0. The van der Waals surface area contributed by atoms with Gasteiger partial charge >= 0.3 is 5.97 Å². The summed E-state index contributed by atoms with van der Waals surface area (Å²) in [6, 6.07) is 26.3. The van der Waals surface area contributed by atoms with Gasteiger partial charge in [0, 0.05) is 12.6 Å². The molecule has 0 radical (unpaired) electrons. The summed E-state index contributed by atoms with van der Waals surface area (Å²) in [5.41, 5.74) is 3.62. The number of aromatic carboxylic acids is 1. The van der Waals surface area contributed by atoms with Crippen LogP contribution in [0.25, 0.3) is 11.1 Å². The number of aromatic hydroxyl groups is 1. The number of hydrogen-bond acceptors (Lipinski definition) is 6. The molecule has 196 valence electrons. The Kier molecular flexibility index (Phi) is 8.63. The van der Waals surface area contributed by atoms with Crippen LogP contribution in [0.15, 0.2) is 91.0 Å². The van der Waals surface area contributed by atoms with Crippen LogP contribution in [0.3, 0.4) is 0 Å². The van der Waals surface area contributed by atoms with Gasteiger partial charge in [0.1, 0.15) is 35.2 Å². The van der Waals surface area contributed by atoms with Crippen molar-refractivity contribution in [3.05, 3.63) is 108 Å². The smallest absolute Gasteiger partial charge is 0.339 e. The van der Waals surface area contributed by atoms with E-state index in [1.54, 1.807) is 42.5 Å². The van der Waals surface area contributed by atoms with Crippen molar-refractivity contribution in [2.24, 2.45) is 0 Å². The number of carbonyl (C=O) groups is 1. The van der Waals surface area contributed by atoms with E-state index in [9.17, 15) is 20.1 Å². The van der Waals surface area contributed by atoms with Gasteiger partial charge in [0.2, 0.25) is 0 Å². The Labute approximate surface area is 221 Å². The average Bonchev–Trinajstić information content (AvgIpc) is 2.92. The maximum Gasteiger partial charge on any atom is 0.339 e. The van der Waals surface area contributed by atoms with Crippen LogP contribution in [0, 0.1) is 6.92 Å². The van der Waals surface area contributed by atoms with Gasteiger partial charge in [-0.1, -0.05) is 48.0 Å². The Morgan fingerprint density at radius 1 is 0.868 bits per heavy atom. The molecule has 0 spiro atoms. The Morgan fingerprint density at radius 3 is 2.16 bits per heavy atom. The van der Waals surface area contributed by atoms with E-state index in [0.29, 0.717) is 24.7 Å². The van der Waals surface area contributed by atoms with Crippen molar-refractivity contribution in [3.8, 4) is 34.1 Å². The molecule has 0 saturated heterocycles. The van der Waals surface area contributed by atoms with E-state index in [-0.39, 0.29) is 23.1 Å². The van der Waals surface area contributed by atoms with Crippen molar-refractivity contribution in [2.45, 2.75) is 26.0 Å². The first-order chi connectivity index (χ1) is 18.3. The van der Waals surface area contributed by atoms with Crippen LogP contribution in [0.5, 0.6) is 23.0 Å². The van der Waals surface area contributed by atoms with Crippen molar-refractivity contribution < 1.29 is 29.6 Å². The molecule has 0 bridgehead atoms. The van der Waals surface area contributed by atoms with Crippen molar-refractivity contribution in [2.75, 3.05) is 13.2 Å². The normalized spacial score (nSPS) is 12.5. The van der Waals surface area contributed by atoms with E-state index in [2.05, 4.69) is 5.32 Å². The zero-order chi connectivity index (χ0) is 27.1. The molecule has 0 aliphatic carbocycles. The molecule has 2 atom stereocenters. The lowest BCUT2D eigenvalue weighted by molar-refractivity contribution is 0.0694. The van der Waals surface area contributed by atoms with E-state index in [4.69, 9.17) is 9.47 Å². The van der Waals surface area contributed by atoms with Crippen molar-refractivity contribution >= 4 is 5.97 Å². The second-order valence-corrected chi connectivity index (χ2v) is 9.08. The molecular weight excluding hydrogens is 482 g/mol. The molecule has 4 rings (SSSR count). The molecule has 0 heterocycles. The van der Waals surface area contributed by atoms with Gasteiger partial charge in [-0.25, -0.2) is 4.79 Å². The highest BCUT2D eigenvalue weighted by Crippen LogP contribution is 2.32. The second-order valence-electron chi connectivity index (χ2n) is 9.08. The molecule has 0 fully saturated rings. The Hall–Kier alpha value is -4.33. The molecule has 38 heavy (non-hydrogen) atoms. The SMILES string of the molecule is Cc1ccc(Oc2cc(-c3ccc(OCCN[C@H](C)[C@H](O)c4ccc(O)cc4)cc3)ccc2C(=O)O)cc1. The summed E-state index contributed by atoms with van der Waals surface area (Å²) in [4.78, 5) is 11.7. The van der Waals surface area contributed by atoms with Crippen LogP contribution >= 0.6 is 0 Å². The standard InChI is InChI=1S/C31H31NO6/c1-20-3-12-27(13-4-20)38-29-19-24(9-16-28(29)31(35)36)22-7-14-26(15-8-22)37-18-17-32-21(2)30(34)23-5-10-25(33)11-6-23/h3-16,19,21,30,32-34H,17-18H2,1-2H3,(H,35,36)/t21-,30+/m1/s1. The van der Waals surface area contributed by atoms with Crippen molar-refractivity contribution in [3.63, 3.8) is 0 Å². The number of nitrogens with one attached hydrogen (secondary N) is 1. The first-order valence-electron chi connectivity index (χ1n) is 12.4. The summed E-state index contributed by atoms with van der Waals surface area (Å²) >= 11 is 0. The molecule has 0 aliphatic heterocycles. The van der Waals surface area contributed by atoms with Crippen LogP contribution < -0.4 is 14.8 Å². The lowest BCUT2D eigenvalue weighted by Gasteiger charge is -2.21. The van der Waals surface area contributed by atoms with Gasteiger partial charge in [-0.2, -0.15) is 0 Å². The first-order valence-corrected chi connectivity index (χ1v) is 12.4. The summed E-state index contributed by atoms with van der Waals surface area (Å²) in [5, 5.41) is 32.7. The maximum absolute atomic E-state index is 11.7. The number of carboxylic acids is 1. The van der Waals surface area contributed by atoms with Crippen LogP contribution in [0.4, 0.5) is 0 Å². The molecule has 7 heteroatoms. The van der Waals surface area contributed by atoms with Crippen molar-refractivity contribution in [1.82, 2.24) is 5.32 Å². The first kappa shape index (κ1) is 26.7. The third-order valence-corrected chi connectivity index (χ3v) is 6.19. The number of aliphatic hydroxyl groups is 1. The third-order valence-electron chi connectivity index (χ3n) is 6.19. The summed E-state index contributed by atoms with van der Waals surface area (Å²) < 4.78 is 11.7. The molecule has 0 amide bonds. The van der Waals surface area contributed by atoms with Gasteiger partial charge in [-0.05, 0) is 79.1 Å². The Bertz CT molecular complexity index is 1350. The lowest BCUT2D eigenvalue weighted by Crippen LogP contribution is -2.35. The number of rotatable bonds is 11. The molecule has 4 aromatic rings. The van der Waals surface area contributed by atoms with Crippen LogP contribution in [0.1, 0.15) is 34.5 Å². The highest BCUT2D eigenvalue weighted by Gasteiger charge is 2.16. The van der Waals surface area contributed by atoms with Gasteiger partial charge in [0.05, 0.1) is 6.10 Å². The molecule has 0 saturated carbocycles. The third kappa shape index (κ3) is 6.91. The molecular formula is C31H31NO6. The predicted octanol–water partition coefficient (Wildman–Crippen LogP) is 5.95. The molecule has 0 aliphatic rings. The second kappa shape index (κ2) is 12.3. The van der Waals surface area contributed by atoms with E-state index in [0.717, 1.165) is 22.3 Å². The van der Waals surface area contributed by atoms with E-state index in [1.165, 1.54) is 0 Å². The monoisotopic (exact) mass is 513 g/mol. The van der Waals surface area contributed by atoms with E-state index >= 15 is 0 Å². The number of benzene rings is 4. The van der Waals surface area contributed by atoms with Gasteiger partial charge in [0.25, 0.3) is 0 Å². The van der Waals surface area contributed by atoms with Crippen LogP contribution in [0.2, 0.25) is 0 Å². The largest absolute Gasteiger partial charge is 0.508 e. The number of carboxylic acid groups (broad SMARTS) is 1. The van der Waals surface area contributed by atoms with E-state index < -0.39 is 12.1 Å². The highest BCUT2D eigenvalue weighted by atomic mass is 16.5. The Morgan fingerprint density at radius 2 is 1.50 bits per heavy atom. The minimum absolute atomic E-state index is 0.0894. The number of aryl methyl sites for hydroxylation is 1. The number of hydrogen-bond donors (Lipinski definition) is 4. The van der Waals surface area contributed by atoms with Crippen LogP contribution in [-0.4, -0.2) is 40.5 Å². The van der Waals surface area contributed by atoms with Gasteiger partial charge in [0.15, 0.2) is 0 Å². The quantitative estimate of drug-likeness (QED) is 0.184. The fourth-order valence-electron chi connectivity index (χ4n) is 3.97. The number of ether oxygens (including phenoxy) is 2. The summed E-state index contributed by atoms with van der Waals surface area (Å²) in [6.07, 6.45) is -0.706. The maximum atomic E-state index is 11.7. The zero-order valence-electron chi connectivity index (χ0n) is 21.3. The molecule has 7 nitrogen and oxygen atoms in total. The molecule has 0 unspecified atom stereocenters. The minimum atomic E-state index is -1.05. The number of aliphatic hydroxyl groups excluding tert-OH is 1. The molecule has 0 aromatic heterocycles. The van der Waals surface area contributed by atoms with Crippen molar-refractivity contribution in [1.29, 1.82) is 0 Å². The number of phenols is 1. The molecule has 4 N–H and O–H groups in total. The predicted molar refractivity (Wildman–Crippen MR) is 146 cm³/mol. The van der Waals surface area contributed by atoms with Gasteiger partial charge in [-0.3, -0.25) is 0 Å². The number of phenolic OH excluding ortho intramolecular Hbond substituents is 1. The zero-order valence-corrected chi connectivity index (χ0v) is 21.3. The minimum Gasteiger partial charge on any atom is -0.508 e. The molecule has 4 aromatic carbocycles. The topological polar surface area (TPSA) is 108 Å². The Balaban J connectivity index is 1.34. The fourth-order valence-corrected chi connectivity index (χ4v) is 3.97. The fraction of sp³-hybridized carbons (Fsp3) is 0.194. The van der Waals surface area contributed by atoms with Gasteiger partial charge < -0.3 is 30.1 Å². The summed E-state index contributed by atoms with van der Waals surface area (Å²) in [6.45, 7) is 4.81. The summed E-state index contributed by atoms with van der Waals surface area (Å²) in [5.74, 6) is 0.641. The highest BCUT2D eigenvalue weighted by molar-refractivity contribution is 5.92. The average molecular weight is 514 g/mol. The van der Waals surface area contributed by atoms with Gasteiger partial charge in [-0.15, -0.1) is 0 Å².